The monoisotopic (exact) mass is 340 g/mol. The second-order valence-corrected chi connectivity index (χ2v) is 8.97. The Morgan fingerprint density at radius 3 is 2.04 bits per heavy atom. The van der Waals surface area contributed by atoms with Crippen molar-refractivity contribution in [1.82, 2.24) is 5.32 Å². The molecule has 0 radical (unpaired) electrons. The first-order valence-corrected chi connectivity index (χ1v) is 9.64. The summed E-state index contributed by atoms with van der Waals surface area (Å²) in [6.45, 7) is 13.4. The summed E-state index contributed by atoms with van der Waals surface area (Å²) in [7, 11) is 0. The Labute approximate surface area is 147 Å². The summed E-state index contributed by atoms with van der Waals surface area (Å²) in [6, 6.07) is 0.727. The lowest BCUT2D eigenvalue weighted by molar-refractivity contribution is -0.997. The second-order valence-electron chi connectivity index (χ2n) is 8.97. The van der Waals surface area contributed by atoms with Crippen molar-refractivity contribution in [3.8, 4) is 0 Å². The van der Waals surface area contributed by atoms with Crippen molar-refractivity contribution >= 4 is 6.09 Å². The highest BCUT2D eigenvalue weighted by Crippen LogP contribution is 2.40. The molecule has 1 heterocycles. The number of ether oxygens (including phenoxy) is 1. The van der Waals surface area contributed by atoms with E-state index in [2.05, 4.69) is 39.9 Å². The number of likely N-dealkylation sites (tertiary alicyclic amines) is 1. The fourth-order valence-electron chi connectivity index (χ4n) is 4.98. The lowest BCUT2D eigenvalue weighted by atomic mass is 9.83. The minimum atomic E-state index is -1.14. The molecule has 1 saturated carbocycles. The molecule has 0 aromatic carbocycles. The number of carbonyl (C=O) groups is 1. The van der Waals surface area contributed by atoms with Crippen LogP contribution in [-0.4, -0.2) is 53.5 Å². The van der Waals surface area contributed by atoms with Gasteiger partial charge in [-0.05, 0) is 47.5 Å². The second kappa shape index (κ2) is 7.61. The zero-order chi connectivity index (χ0) is 18.0. The average Bonchev–Trinajstić information content (AvgIpc) is 2.46. The summed E-state index contributed by atoms with van der Waals surface area (Å²) in [6.07, 6.45) is 6.14. The lowest BCUT2D eigenvalue weighted by Crippen LogP contribution is -2.70. The SMILES string of the molecule is CC(C)OC1CCC([N+]2(C(C)(C)C)CCC(NC(=O)[O-])CC2)CC1. The van der Waals surface area contributed by atoms with Gasteiger partial charge in [0.05, 0.1) is 36.9 Å². The molecule has 1 saturated heterocycles. The number of quaternary nitrogens is 1. The van der Waals surface area contributed by atoms with Crippen molar-refractivity contribution in [2.75, 3.05) is 13.1 Å². The number of rotatable bonds is 4. The average molecular weight is 341 g/mol. The van der Waals surface area contributed by atoms with Gasteiger partial charge in [0.2, 0.25) is 0 Å². The van der Waals surface area contributed by atoms with E-state index < -0.39 is 6.09 Å². The number of carboxylic acid groups (broad SMARTS) is 1. The van der Waals surface area contributed by atoms with Crippen LogP contribution in [0, 0.1) is 0 Å². The predicted molar refractivity (Wildman–Crippen MR) is 93.6 cm³/mol. The van der Waals surface area contributed by atoms with Crippen LogP contribution in [0.2, 0.25) is 0 Å². The molecule has 2 rings (SSSR count). The van der Waals surface area contributed by atoms with Crippen molar-refractivity contribution in [2.24, 2.45) is 0 Å². The molecule has 1 aliphatic heterocycles. The first kappa shape index (κ1) is 19.5. The van der Waals surface area contributed by atoms with Crippen molar-refractivity contribution in [2.45, 2.75) is 103 Å². The number of nitrogens with zero attached hydrogens (tertiary/aromatic N) is 1. The minimum absolute atomic E-state index is 0.0595. The van der Waals surface area contributed by atoms with Gasteiger partial charge in [-0.1, -0.05) is 0 Å². The summed E-state index contributed by atoms with van der Waals surface area (Å²) in [5.74, 6) is 0. The third-order valence-corrected chi connectivity index (χ3v) is 6.22. The van der Waals surface area contributed by atoms with E-state index in [1.807, 2.05) is 0 Å². The standard InChI is InChI=1S/C19H36N2O3/c1-14(2)24-17-8-6-16(7-9-17)21(19(3,4)5)12-10-15(11-13-21)20-18(22)23/h14-17,20H,6-13H2,1-5H3. The van der Waals surface area contributed by atoms with Crippen LogP contribution in [0.25, 0.3) is 0 Å². The van der Waals surface area contributed by atoms with Crippen LogP contribution in [0.3, 0.4) is 0 Å². The molecule has 0 aromatic heterocycles. The van der Waals surface area contributed by atoms with Crippen LogP contribution in [-0.2, 0) is 4.74 Å². The molecule has 0 aromatic rings. The maximum absolute atomic E-state index is 10.8. The smallest absolute Gasteiger partial charge is 0.134 e. The predicted octanol–water partition coefficient (Wildman–Crippen LogP) is 2.43. The van der Waals surface area contributed by atoms with Crippen molar-refractivity contribution < 1.29 is 19.1 Å². The Balaban J connectivity index is 2.02. The number of amides is 1. The summed E-state index contributed by atoms with van der Waals surface area (Å²) in [5.41, 5.74) is 0.183. The molecule has 1 amide bonds. The zero-order valence-electron chi connectivity index (χ0n) is 16.1. The van der Waals surface area contributed by atoms with Gasteiger partial charge in [0.25, 0.3) is 0 Å². The summed E-state index contributed by atoms with van der Waals surface area (Å²) in [4.78, 5) is 10.8. The molecular weight excluding hydrogens is 304 g/mol. The molecule has 0 atom stereocenters. The molecule has 1 N–H and O–H groups in total. The highest BCUT2D eigenvalue weighted by atomic mass is 16.5. The van der Waals surface area contributed by atoms with Crippen LogP contribution in [0.15, 0.2) is 0 Å². The van der Waals surface area contributed by atoms with E-state index >= 15 is 0 Å². The Kier molecular flexibility index (Phi) is 6.19. The van der Waals surface area contributed by atoms with E-state index in [0.717, 1.165) is 43.3 Å². The van der Waals surface area contributed by atoms with E-state index in [4.69, 9.17) is 4.74 Å². The van der Waals surface area contributed by atoms with Gasteiger partial charge in [0.1, 0.15) is 6.09 Å². The maximum atomic E-state index is 10.8. The molecule has 5 nitrogen and oxygen atoms in total. The zero-order valence-corrected chi connectivity index (χ0v) is 16.1. The summed E-state index contributed by atoms with van der Waals surface area (Å²) < 4.78 is 7.13. The molecular formula is C19H36N2O3. The van der Waals surface area contributed by atoms with E-state index in [1.54, 1.807) is 0 Å². The van der Waals surface area contributed by atoms with Crippen molar-refractivity contribution in [3.63, 3.8) is 0 Å². The molecule has 1 aliphatic carbocycles. The third kappa shape index (κ3) is 4.42. The molecule has 2 aliphatic rings. The van der Waals surface area contributed by atoms with Crippen LogP contribution in [0.1, 0.15) is 73.1 Å². The Morgan fingerprint density at radius 1 is 1.08 bits per heavy atom. The van der Waals surface area contributed by atoms with Crippen LogP contribution >= 0.6 is 0 Å². The van der Waals surface area contributed by atoms with Gasteiger partial charge in [-0.3, -0.25) is 0 Å². The van der Waals surface area contributed by atoms with Gasteiger partial charge in [-0.15, -0.1) is 0 Å². The van der Waals surface area contributed by atoms with Crippen LogP contribution in [0.4, 0.5) is 4.79 Å². The molecule has 0 unspecified atom stereocenters. The van der Waals surface area contributed by atoms with Gasteiger partial charge in [0, 0.05) is 31.7 Å². The Bertz CT molecular complexity index is 415. The molecule has 140 valence electrons. The van der Waals surface area contributed by atoms with Crippen molar-refractivity contribution in [3.05, 3.63) is 0 Å². The summed E-state index contributed by atoms with van der Waals surface area (Å²) >= 11 is 0. The van der Waals surface area contributed by atoms with Gasteiger partial charge in [0.15, 0.2) is 0 Å². The quantitative estimate of drug-likeness (QED) is 0.800. The molecule has 24 heavy (non-hydrogen) atoms. The normalized spacial score (nSPS) is 35.0. The highest BCUT2D eigenvalue weighted by molar-refractivity contribution is 5.62. The van der Waals surface area contributed by atoms with Gasteiger partial charge < -0.3 is 24.4 Å². The Hall–Kier alpha value is -0.810. The topological polar surface area (TPSA) is 61.4 Å². The Morgan fingerprint density at radius 2 is 1.62 bits per heavy atom. The first-order chi connectivity index (χ1) is 11.1. The number of hydrogen-bond donors (Lipinski definition) is 1. The van der Waals surface area contributed by atoms with Crippen LogP contribution < -0.4 is 10.4 Å². The van der Waals surface area contributed by atoms with Gasteiger partial charge >= 0.3 is 0 Å². The van der Waals surface area contributed by atoms with E-state index in [-0.39, 0.29) is 11.6 Å². The van der Waals surface area contributed by atoms with E-state index in [0.29, 0.717) is 18.2 Å². The molecule has 0 bridgehead atoms. The van der Waals surface area contributed by atoms with E-state index in [1.165, 1.54) is 12.8 Å². The highest BCUT2D eigenvalue weighted by Gasteiger charge is 2.49. The lowest BCUT2D eigenvalue weighted by Gasteiger charge is -2.58. The largest absolute Gasteiger partial charge is 0.530 e. The van der Waals surface area contributed by atoms with Crippen LogP contribution in [0.5, 0.6) is 0 Å². The minimum Gasteiger partial charge on any atom is -0.530 e. The first-order valence-electron chi connectivity index (χ1n) is 9.64. The number of carbonyl (C=O) groups excluding carboxylic acids is 1. The van der Waals surface area contributed by atoms with Crippen molar-refractivity contribution in [1.29, 1.82) is 0 Å². The maximum Gasteiger partial charge on any atom is 0.134 e. The molecule has 5 heteroatoms. The number of nitrogens with one attached hydrogen (secondary N) is 1. The third-order valence-electron chi connectivity index (χ3n) is 6.22. The van der Waals surface area contributed by atoms with E-state index in [9.17, 15) is 9.90 Å². The van der Waals surface area contributed by atoms with Gasteiger partial charge in [-0.25, -0.2) is 0 Å². The summed E-state index contributed by atoms with van der Waals surface area (Å²) in [5, 5.41) is 13.4. The number of piperidine rings is 1. The molecule has 0 spiro atoms. The fraction of sp³-hybridized carbons (Fsp3) is 0.947. The molecule has 2 fully saturated rings. The number of hydrogen-bond acceptors (Lipinski definition) is 3. The van der Waals surface area contributed by atoms with Gasteiger partial charge in [-0.2, -0.15) is 0 Å². The fourth-order valence-corrected chi connectivity index (χ4v) is 4.98.